The van der Waals surface area contributed by atoms with E-state index in [2.05, 4.69) is 41.8 Å². The van der Waals surface area contributed by atoms with Gasteiger partial charge < -0.3 is 10.6 Å². The maximum Gasteiger partial charge on any atom is 0.223 e. The van der Waals surface area contributed by atoms with Crippen LogP contribution in [0.2, 0.25) is 0 Å². The Kier molecular flexibility index (Phi) is 5.87. The molecule has 2 unspecified atom stereocenters. The summed E-state index contributed by atoms with van der Waals surface area (Å²) in [4.78, 5) is 12.4. The summed E-state index contributed by atoms with van der Waals surface area (Å²) in [6.07, 6.45) is 4.49. The lowest BCUT2D eigenvalue weighted by molar-refractivity contribution is -0.123. The SMILES string of the molecule is CCC(CNC(=O)C1CC12CCNCC2)c1ccccc1.Cl. The molecule has 2 aliphatic rings. The molecule has 0 radical (unpaired) electrons. The third-order valence-corrected chi connectivity index (χ3v) is 5.39. The van der Waals surface area contributed by atoms with Crippen LogP contribution in [0.15, 0.2) is 30.3 Å². The molecule has 1 heterocycles. The summed E-state index contributed by atoms with van der Waals surface area (Å²) in [6.45, 7) is 5.11. The summed E-state index contributed by atoms with van der Waals surface area (Å²) in [6, 6.07) is 10.5. The molecule has 1 amide bonds. The number of carbonyl (C=O) groups is 1. The maximum atomic E-state index is 12.4. The molecule has 1 aliphatic carbocycles. The van der Waals surface area contributed by atoms with Crippen LogP contribution in [-0.4, -0.2) is 25.5 Å². The molecule has 4 heteroatoms. The fourth-order valence-corrected chi connectivity index (χ4v) is 3.77. The lowest BCUT2D eigenvalue weighted by Crippen LogP contribution is -2.35. The summed E-state index contributed by atoms with van der Waals surface area (Å²) in [5.74, 6) is 0.983. The number of carbonyl (C=O) groups excluding carboxylic acids is 1. The molecular formula is C18H27ClN2O. The third kappa shape index (κ3) is 3.64. The zero-order chi connectivity index (χ0) is 14.7. The highest BCUT2D eigenvalue weighted by molar-refractivity contribution is 5.85. The van der Waals surface area contributed by atoms with Crippen molar-refractivity contribution in [3.05, 3.63) is 35.9 Å². The lowest BCUT2D eigenvalue weighted by atomic mass is 9.91. The molecule has 2 atom stereocenters. The normalized spacial score (nSPS) is 23.4. The van der Waals surface area contributed by atoms with Crippen molar-refractivity contribution in [1.82, 2.24) is 10.6 Å². The van der Waals surface area contributed by atoms with Crippen LogP contribution in [0.25, 0.3) is 0 Å². The molecule has 1 saturated heterocycles. The molecule has 122 valence electrons. The molecule has 0 aromatic heterocycles. The molecule has 2 N–H and O–H groups in total. The molecule has 1 aromatic carbocycles. The molecule has 22 heavy (non-hydrogen) atoms. The second-order valence-corrected chi connectivity index (χ2v) is 6.63. The minimum atomic E-state index is 0. The van der Waals surface area contributed by atoms with Crippen molar-refractivity contribution in [2.75, 3.05) is 19.6 Å². The predicted octanol–water partition coefficient (Wildman–Crippen LogP) is 3.11. The van der Waals surface area contributed by atoms with Gasteiger partial charge in [-0.1, -0.05) is 37.3 Å². The summed E-state index contributed by atoms with van der Waals surface area (Å²) >= 11 is 0. The van der Waals surface area contributed by atoms with Crippen LogP contribution in [0.3, 0.4) is 0 Å². The van der Waals surface area contributed by atoms with Gasteiger partial charge in [0.25, 0.3) is 0 Å². The Hall–Kier alpha value is -1.06. The van der Waals surface area contributed by atoms with Crippen molar-refractivity contribution in [1.29, 1.82) is 0 Å². The smallest absolute Gasteiger partial charge is 0.223 e. The summed E-state index contributed by atoms with van der Waals surface area (Å²) < 4.78 is 0. The van der Waals surface area contributed by atoms with Gasteiger partial charge in [0.2, 0.25) is 5.91 Å². The molecule has 1 spiro atoms. The van der Waals surface area contributed by atoms with Gasteiger partial charge in [-0.05, 0) is 49.8 Å². The van der Waals surface area contributed by atoms with Crippen LogP contribution in [0.5, 0.6) is 0 Å². The summed E-state index contributed by atoms with van der Waals surface area (Å²) in [7, 11) is 0. The highest BCUT2D eigenvalue weighted by atomic mass is 35.5. The molecule has 2 fully saturated rings. The highest BCUT2D eigenvalue weighted by Crippen LogP contribution is 2.58. The topological polar surface area (TPSA) is 41.1 Å². The van der Waals surface area contributed by atoms with Gasteiger partial charge in [0.15, 0.2) is 0 Å². The Morgan fingerprint density at radius 2 is 2.00 bits per heavy atom. The van der Waals surface area contributed by atoms with E-state index in [-0.39, 0.29) is 24.2 Å². The minimum absolute atomic E-state index is 0. The first-order valence-corrected chi connectivity index (χ1v) is 8.28. The molecule has 1 aromatic rings. The second-order valence-electron chi connectivity index (χ2n) is 6.63. The van der Waals surface area contributed by atoms with E-state index in [1.54, 1.807) is 0 Å². The first-order chi connectivity index (χ1) is 10.2. The Balaban J connectivity index is 0.00000176. The van der Waals surface area contributed by atoms with E-state index in [4.69, 9.17) is 0 Å². The van der Waals surface area contributed by atoms with Crippen LogP contribution in [0.4, 0.5) is 0 Å². The number of nitrogens with one attached hydrogen (secondary N) is 2. The number of rotatable bonds is 5. The Bertz CT molecular complexity index is 485. The van der Waals surface area contributed by atoms with Gasteiger partial charge in [0.05, 0.1) is 0 Å². The van der Waals surface area contributed by atoms with Crippen LogP contribution >= 0.6 is 12.4 Å². The summed E-state index contributed by atoms with van der Waals surface area (Å²) in [5.41, 5.74) is 1.66. The van der Waals surface area contributed by atoms with E-state index in [0.717, 1.165) is 32.5 Å². The Morgan fingerprint density at radius 3 is 2.64 bits per heavy atom. The van der Waals surface area contributed by atoms with Crippen molar-refractivity contribution in [2.45, 2.75) is 38.5 Å². The number of hydrogen-bond acceptors (Lipinski definition) is 2. The lowest BCUT2D eigenvalue weighted by Gasteiger charge is -2.23. The fourth-order valence-electron chi connectivity index (χ4n) is 3.77. The monoisotopic (exact) mass is 322 g/mol. The van der Waals surface area contributed by atoms with Crippen molar-refractivity contribution in [3.63, 3.8) is 0 Å². The number of amides is 1. The van der Waals surface area contributed by atoms with Gasteiger partial charge in [0.1, 0.15) is 0 Å². The average molecular weight is 323 g/mol. The van der Waals surface area contributed by atoms with Gasteiger partial charge >= 0.3 is 0 Å². The van der Waals surface area contributed by atoms with E-state index >= 15 is 0 Å². The van der Waals surface area contributed by atoms with Crippen LogP contribution in [-0.2, 0) is 4.79 Å². The Morgan fingerprint density at radius 1 is 1.32 bits per heavy atom. The van der Waals surface area contributed by atoms with Crippen molar-refractivity contribution >= 4 is 18.3 Å². The number of benzene rings is 1. The van der Waals surface area contributed by atoms with Crippen molar-refractivity contribution < 1.29 is 4.79 Å². The molecule has 0 bridgehead atoms. The van der Waals surface area contributed by atoms with Gasteiger partial charge in [0, 0.05) is 18.4 Å². The van der Waals surface area contributed by atoms with E-state index < -0.39 is 0 Å². The van der Waals surface area contributed by atoms with Crippen LogP contribution in [0, 0.1) is 11.3 Å². The Labute approximate surface area is 139 Å². The van der Waals surface area contributed by atoms with E-state index in [9.17, 15) is 4.79 Å². The van der Waals surface area contributed by atoms with Crippen LogP contribution < -0.4 is 10.6 Å². The highest BCUT2D eigenvalue weighted by Gasteiger charge is 2.57. The summed E-state index contributed by atoms with van der Waals surface area (Å²) in [5, 5.41) is 6.60. The zero-order valence-corrected chi connectivity index (χ0v) is 14.1. The minimum Gasteiger partial charge on any atom is -0.355 e. The maximum absolute atomic E-state index is 12.4. The largest absolute Gasteiger partial charge is 0.355 e. The molecule has 1 aliphatic heterocycles. The standard InChI is InChI=1S/C18H26N2O.ClH/c1-2-14(15-6-4-3-5-7-15)13-20-17(21)16-12-18(16)8-10-19-11-9-18;/h3-7,14,16,19H,2,8-13H2,1H3,(H,20,21);1H. The van der Waals surface area contributed by atoms with Crippen molar-refractivity contribution in [2.24, 2.45) is 11.3 Å². The first-order valence-electron chi connectivity index (χ1n) is 8.28. The zero-order valence-electron chi connectivity index (χ0n) is 13.3. The van der Waals surface area contributed by atoms with E-state index in [1.807, 2.05) is 6.07 Å². The third-order valence-electron chi connectivity index (χ3n) is 5.39. The van der Waals surface area contributed by atoms with Gasteiger partial charge in [-0.15, -0.1) is 12.4 Å². The molecule has 1 saturated carbocycles. The van der Waals surface area contributed by atoms with Crippen LogP contribution in [0.1, 0.15) is 44.1 Å². The number of hydrogen-bond donors (Lipinski definition) is 2. The quantitative estimate of drug-likeness (QED) is 0.874. The van der Waals surface area contributed by atoms with E-state index in [0.29, 0.717) is 11.3 Å². The second kappa shape index (κ2) is 7.47. The average Bonchev–Trinajstić information content (AvgIpc) is 3.23. The molecule has 3 nitrogen and oxygen atoms in total. The first kappa shape index (κ1) is 17.3. The molecular weight excluding hydrogens is 296 g/mol. The van der Waals surface area contributed by atoms with E-state index in [1.165, 1.54) is 18.4 Å². The van der Waals surface area contributed by atoms with Crippen molar-refractivity contribution in [3.8, 4) is 0 Å². The number of halogens is 1. The number of piperidine rings is 1. The van der Waals surface area contributed by atoms with Gasteiger partial charge in [-0.2, -0.15) is 0 Å². The van der Waals surface area contributed by atoms with Gasteiger partial charge in [-0.25, -0.2) is 0 Å². The predicted molar refractivity (Wildman–Crippen MR) is 92.4 cm³/mol. The fraction of sp³-hybridized carbons (Fsp3) is 0.611. The van der Waals surface area contributed by atoms with Gasteiger partial charge in [-0.3, -0.25) is 4.79 Å². The molecule has 3 rings (SSSR count).